The smallest absolute Gasteiger partial charge is 0.394 e. The number of rotatable bonds is 1. The summed E-state index contributed by atoms with van der Waals surface area (Å²) in [6, 6.07) is 0. The third kappa shape index (κ3) is 70.1. The fourth-order valence-electron chi connectivity index (χ4n) is 0. The molecule has 0 saturated heterocycles. The van der Waals surface area contributed by atoms with E-state index in [2.05, 4.69) is 5.11 Å². The number of aliphatic hydroxyl groups excluding tert-OH is 2. The van der Waals surface area contributed by atoms with Crippen LogP contribution < -0.4 is 0 Å². The van der Waals surface area contributed by atoms with Crippen molar-refractivity contribution < 1.29 is 48.5 Å². The quantitative estimate of drug-likeness (QED) is 0.630. The lowest BCUT2D eigenvalue weighted by atomic mass is 10.5. The molecule has 16 heavy (non-hydrogen) atoms. The predicted octanol–water partition coefficient (Wildman–Crippen LogP) is 1.47. The van der Waals surface area contributed by atoms with Gasteiger partial charge in [0.2, 0.25) is 1.43 Å². The third-order valence-corrected chi connectivity index (χ3v) is 0.326. The molecule has 0 radical (unpaired) electrons. The van der Waals surface area contributed by atoms with Crippen LogP contribution in [0.25, 0.3) is 0 Å². The maximum atomic E-state index is 10.7. The van der Waals surface area contributed by atoms with Crippen LogP contribution in [-0.2, 0) is 0 Å². The van der Waals surface area contributed by atoms with E-state index in [0.717, 1.165) is 6.92 Å². The van der Waals surface area contributed by atoms with E-state index in [-0.39, 0.29) is 0 Å². The first-order valence-electron chi connectivity index (χ1n) is 6.29. The minimum absolute atomic E-state index is 1.02. The molecule has 2 atom stereocenters. The Kier molecular flexibility index (Phi) is 5.73. The van der Waals surface area contributed by atoms with Gasteiger partial charge in [0.1, 0.15) is 13.2 Å². The van der Waals surface area contributed by atoms with Crippen LogP contribution in [0.2, 0.25) is 0 Å². The molecule has 0 aliphatic heterocycles. The van der Waals surface area contributed by atoms with E-state index in [9.17, 15) is 26.3 Å². The fraction of sp³-hybridized carbons (Fsp3) is 1.00. The molecule has 0 aliphatic carbocycles. The van der Waals surface area contributed by atoms with E-state index in [1.54, 1.807) is 0 Å². The number of hydrogen-bond donors (Lipinski definition) is 3. The van der Waals surface area contributed by atoms with Gasteiger partial charge in [-0.05, 0) is 13.8 Å². The average Bonchev–Trinajstić information content (AvgIpc) is 2.27. The van der Waals surface area contributed by atoms with Crippen molar-refractivity contribution in [1.82, 2.24) is 0 Å². The number of halogens is 6. The molecule has 102 valence electrons. The zero-order chi connectivity index (χ0) is 19.0. The van der Waals surface area contributed by atoms with E-state index in [1.807, 2.05) is 0 Å². The maximum absolute atomic E-state index is 10.7. The summed E-state index contributed by atoms with van der Waals surface area (Å²) in [6.45, 7) is -6.21. The van der Waals surface area contributed by atoms with Crippen LogP contribution in [0.4, 0.5) is 26.3 Å². The van der Waals surface area contributed by atoms with Crippen molar-refractivity contribution in [3.8, 4) is 0 Å². The highest BCUT2D eigenvalue weighted by Gasteiger charge is 2.25. The van der Waals surface area contributed by atoms with E-state index < -0.39 is 38.5 Å². The van der Waals surface area contributed by atoms with E-state index in [0.29, 0.717) is 0 Å². The second-order valence-corrected chi connectivity index (χ2v) is 2.00. The monoisotopic (exact) mass is 266 g/mol. The molecule has 9 heteroatoms. The number of alkyl halides is 6. The Balaban J connectivity index is -0.000000252. The Bertz CT molecular complexity index is 290. The second-order valence-electron chi connectivity index (χ2n) is 2.00. The van der Waals surface area contributed by atoms with Crippen molar-refractivity contribution in [2.45, 2.75) is 32.2 Å². The first-order valence-corrected chi connectivity index (χ1v) is 3.30. The summed E-state index contributed by atoms with van der Waals surface area (Å²) in [6.07, 6.45) is -11.3. The number of aliphatic hydroxyl groups is 3. The summed E-state index contributed by atoms with van der Waals surface area (Å²) in [5.41, 5.74) is 0. The molecular weight excluding hydrogens is 246 g/mol. The van der Waals surface area contributed by atoms with Crippen molar-refractivity contribution in [3.63, 3.8) is 0 Å². The van der Waals surface area contributed by atoms with Crippen LogP contribution in [-0.4, -0.2) is 48.4 Å². The zero-order valence-electron chi connectivity index (χ0n) is 13.9. The highest BCUT2D eigenvalue weighted by atomic mass is 19.4. The summed E-state index contributed by atoms with van der Waals surface area (Å²) >= 11 is 0. The molecule has 0 aromatic rings. The molecule has 3 nitrogen and oxygen atoms in total. The number of hydrogen-bond acceptors (Lipinski definition) is 3. The highest BCUT2D eigenvalue weighted by molar-refractivity contribution is 4.39. The lowest BCUT2D eigenvalue weighted by molar-refractivity contribution is -0.160. The third-order valence-electron chi connectivity index (χ3n) is 0.326. The molecule has 0 amide bonds. The van der Waals surface area contributed by atoms with Gasteiger partial charge in [-0.3, -0.25) is 0 Å². The Morgan fingerprint density at radius 1 is 1.25 bits per heavy atom. The topological polar surface area (TPSA) is 60.7 Å². The Morgan fingerprint density at radius 2 is 1.56 bits per heavy atom. The van der Waals surface area contributed by atoms with Crippen LogP contribution in [0.3, 0.4) is 0 Å². The van der Waals surface area contributed by atoms with Gasteiger partial charge in [0.05, 0.1) is 2.74 Å². The molecule has 0 rings (SSSR count). The molecule has 0 spiro atoms. The van der Waals surface area contributed by atoms with Gasteiger partial charge in [-0.1, -0.05) is 0 Å². The van der Waals surface area contributed by atoms with Gasteiger partial charge in [-0.25, -0.2) is 0 Å². The van der Waals surface area contributed by atoms with Crippen molar-refractivity contribution in [2.24, 2.45) is 0 Å². The van der Waals surface area contributed by atoms with Gasteiger partial charge in [0.25, 0.3) is 0 Å². The van der Waals surface area contributed by atoms with E-state index in [4.69, 9.17) is 18.5 Å². The lowest BCUT2D eigenvalue weighted by Gasteiger charge is -1.95. The Labute approximate surface area is 96.8 Å². The zero-order valence-corrected chi connectivity index (χ0v) is 7.85. The molecular formula is C7H14F6O3. The average molecular weight is 266 g/mol. The molecule has 3 N–H and O–H groups in total. The standard InChI is InChI=1S/C3H8O.2C2H3F3O/c1-3(2)4;2*3-2(4,5)1-6/h3-4H,1-2H3;2*6H,1H2/i1D3,3D,4D;1D;. The van der Waals surface area contributed by atoms with Gasteiger partial charge in [0, 0.05) is 10.2 Å². The highest BCUT2D eigenvalue weighted by Crippen LogP contribution is 2.11. The molecule has 0 heterocycles. The predicted molar refractivity (Wildman–Crippen MR) is 43.6 cm³/mol. The molecule has 2 unspecified atom stereocenters. The normalized spacial score (nSPS) is 23.1. The van der Waals surface area contributed by atoms with Gasteiger partial charge in [-0.2, -0.15) is 26.3 Å². The molecule has 0 saturated carbocycles. The van der Waals surface area contributed by atoms with Gasteiger partial charge in [-0.15, -0.1) is 0 Å². The SMILES string of the molecule is OCC(F)(F)F.[2H]C(O)C(F)(F)F.[2H]OC([2H])(C)C([2H])([2H])[2H]. The summed E-state index contributed by atoms with van der Waals surface area (Å²) in [5, 5.41) is 18.4. The van der Waals surface area contributed by atoms with Crippen LogP contribution in [0, 0.1) is 0 Å². The van der Waals surface area contributed by atoms with Crippen molar-refractivity contribution >= 4 is 0 Å². The van der Waals surface area contributed by atoms with Crippen molar-refractivity contribution in [3.05, 3.63) is 0 Å². The Morgan fingerprint density at radius 3 is 1.56 bits per heavy atom. The molecule has 0 fully saturated rings. The molecule has 0 bridgehead atoms. The first kappa shape index (κ1) is 9.49. The van der Waals surface area contributed by atoms with Gasteiger partial charge >= 0.3 is 12.4 Å². The van der Waals surface area contributed by atoms with Crippen LogP contribution in [0.1, 0.15) is 20.6 Å². The summed E-state index contributed by atoms with van der Waals surface area (Å²) < 4.78 is 102. The van der Waals surface area contributed by atoms with Gasteiger partial charge < -0.3 is 15.3 Å². The molecule has 0 aromatic carbocycles. The van der Waals surface area contributed by atoms with Crippen LogP contribution in [0.5, 0.6) is 0 Å². The second kappa shape index (κ2) is 9.67. The summed E-state index contributed by atoms with van der Waals surface area (Å²) in [5.74, 6) is 0. The van der Waals surface area contributed by atoms with Crippen LogP contribution >= 0.6 is 0 Å². The largest absolute Gasteiger partial charge is 0.411 e. The fourth-order valence-corrected chi connectivity index (χ4v) is 0. The maximum Gasteiger partial charge on any atom is 0.411 e. The molecule has 0 aromatic heterocycles. The lowest BCUT2D eigenvalue weighted by Crippen LogP contribution is -2.12. The minimum atomic E-state index is -4.78. The van der Waals surface area contributed by atoms with Crippen LogP contribution in [0.15, 0.2) is 0 Å². The van der Waals surface area contributed by atoms with Gasteiger partial charge in [0.15, 0.2) is 0 Å². The molecule has 0 aliphatic rings. The Hall–Kier alpha value is -0.540. The van der Waals surface area contributed by atoms with E-state index in [1.165, 1.54) is 0 Å². The summed E-state index contributed by atoms with van der Waals surface area (Å²) in [4.78, 5) is 0. The summed E-state index contributed by atoms with van der Waals surface area (Å²) in [7, 11) is 0. The first-order chi connectivity index (χ1) is 9.31. The van der Waals surface area contributed by atoms with E-state index >= 15 is 0 Å². The van der Waals surface area contributed by atoms with Crippen molar-refractivity contribution in [2.75, 3.05) is 13.2 Å². The van der Waals surface area contributed by atoms with Crippen molar-refractivity contribution in [1.29, 1.82) is 1.43 Å². The minimum Gasteiger partial charge on any atom is -0.394 e.